The van der Waals surface area contributed by atoms with Crippen LogP contribution in [0.15, 0.2) is 47.0 Å². The van der Waals surface area contributed by atoms with Crippen molar-refractivity contribution in [2.75, 3.05) is 13.1 Å². The molecule has 0 atom stereocenters. The molecule has 0 N–H and O–H groups in total. The number of halogens is 1. The Morgan fingerprint density at radius 1 is 1.15 bits per heavy atom. The molecule has 2 aromatic carbocycles. The number of hydrogen-bond acceptors (Lipinski definition) is 7. The summed E-state index contributed by atoms with van der Waals surface area (Å²) in [6, 6.07) is 11.1. The number of imide groups is 1. The first-order chi connectivity index (χ1) is 16.3. The van der Waals surface area contributed by atoms with E-state index in [9.17, 15) is 24.5 Å². The summed E-state index contributed by atoms with van der Waals surface area (Å²) in [5.74, 6) is -1.01. The van der Waals surface area contributed by atoms with Crippen molar-refractivity contribution in [2.24, 2.45) is 0 Å². The number of nitro benzene ring substituents is 1. The fraction of sp³-hybridized carbons (Fsp3) is 0.217. The second kappa shape index (κ2) is 8.38. The Hall–Kier alpha value is -4.05. The number of nitro groups is 1. The van der Waals surface area contributed by atoms with Gasteiger partial charge in [-0.25, -0.2) is 0 Å². The van der Waals surface area contributed by atoms with Crippen LogP contribution in [0, 0.1) is 10.1 Å². The summed E-state index contributed by atoms with van der Waals surface area (Å²) in [4.78, 5) is 51.2. The quantitative estimate of drug-likeness (QED) is 0.311. The summed E-state index contributed by atoms with van der Waals surface area (Å²) in [7, 11) is 0. The number of aromatic nitrogens is 1. The predicted molar refractivity (Wildman–Crippen MR) is 119 cm³/mol. The molecule has 11 heteroatoms. The van der Waals surface area contributed by atoms with Crippen LogP contribution in [-0.2, 0) is 17.8 Å². The Kier molecular flexibility index (Phi) is 5.37. The van der Waals surface area contributed by atoms with Crippen LogP contribution in [0.3, 0.4) is 0 Å². The number of nitrogens with zero attached hydrogens (tertiary/aromatic N) is 4. The van der Waals surface area contributed by atoms with Gasteiger partial charge in [-0.2, -0.15) is 0 Å². The van der Waals surface area contributed by atoms with E-state index in [1.54, 1.807) is 17.0 Å². The lowest BCUT2D eigenvalue weighted by Crippen LogP contribution is -2.39. The minimum absolute atomic E-state index is 0.0217. The summed E-state index contributed by atoms with van der Waals surface area (Å²) < 4.78 is 5.52. The zero-order valence-corrected chi connectivity index (χ0v) is 18.4. The van der Waals surface area contributed by atoms with Crippen molar-refractivity contribution in [1.82, 2.24) is 15.0 Å². The van der Waals surface area contributed by atoms with Crippen molar-refractivity contribution in [3.8, 4) is 11.3 Å². The molecule has 1 aromatic heterocycles. The molecule has 0 unspecified atom stereocenters. The Bertz CT molecular complexity index is 1350. The molecule has 3 heterocycles. The maximum atomic E-state index is 12.8. The molecule has 3 aromatic rings. The van der Waals surface area contributed by atoms with Crippen LogP contribution in [0.4, 0.5) is 5.69 Å². The van der Waals surface area contributed by atoms with Crippen LogP contribution < -0.4 is 0 Å². The molecular formula is C23H17ClN4O6. The molecule has 0 spiro atoms. The number of fused-ring (bicyclic) bond motifs is 2. The molecule has 0 fully saturated rings. The second-order valence-corrected chi connectivity index (χ2v) is 8.41. The number of amides is 3. The summed E-state index contributed by atoms with van der Waals surface area (Å²) in [6.07, 6.45) is 0.443. The van der Waals surface area contributed by atoms with Crippen LogP contribution in [0.2, 0.25) is 5.02 Å². The fourth-order valence-corrected chi connectivity index (χ4v) is 4.43. The average molecular weight is 481 g/mol. The van der Waals surface area contributed by atoms with Gasteiger partial charge in [0.25, 0.3) is 17.5 Å². The standard InChI is InChI=1S/C23H17ClN4O6/c24-14-6-4-13(5-7-14)21-15-8-10-26(12-17(15)25-34-21)19(29)9-11-27-22(30)16-2-1-3-18(28(32)33)20(16)23(27)31/h1-7H,8-12H2. The largest absolute Gasteiger partial charge is 0.356 e. The van der Waals surface area contributed by atoms with E-state index in [0.29, 0.717) is 29.4 Å². The lowest BCUT2D eigenvalue weighted by atomic mass is 10.0. The van der Waals surface area contributed by atoms with Gasteiger partial charge in [-0.1, -0.05) is 22.8 Å². The van der Waals surface area contributed by atoms with Gasteiger partial charge < -0.3 is 9.42 Å². The molecular weight excluding hydrogens is 464 g/mol. The number of benzene rings is 2. The molecule has 0 aliphatic carbocycles. The third-order valence-corrected chi connectivity index (χ3v) is 6.28. The molecule has 172 valence electrons. The molecule has 0 radical (unpaired) electrons. The maximum absolute atomic E-state index is 12.8. The van der Waals surface area contributed by atoms with Gasteiger partial charge in [0.2, 0.25) is 5.91 Å². The van der Waals surface area contributed by atoms with Gasteiger partial charge in [0.05, 0.1) is 17.0 Å². The third-order valence-electron chi connectivity index (χ3n) is 6.02. The van der Waals surface area contributed by atoms with Gasteiger partial charge in [0, 0.05) is 41.7 Å². The van der Waals surface area contributed by atoms with Crippen LogP contribution in [0.5, 0.6) is 0 Å². The van der Waals surface area contributed by atoms with Gasteiger partial charge in [-0.15, -0.1) is 0 Å². The Balaban J connectivity index is 1.26. The predicted octanol–water partition coefficient (Wildman–Crippen LogP) is 3.47. The highest BCUT2D eigenvalue weighted by Crippen LogP contribution is 2.32. The smallest absolute Gasteiger partial charge is 0.282 e. The van der Waals surface area contributed by atoms with E-state index in [-0.39, 0.29) is 36.5 Å². The first-order valence-electron chi connectivity index (χ1n) is 10.5. The second-order valence-electron chi connectivity index (χ2n) is 7.98. The molecule has 0 bridgehead atoms. The number of hydrogen-bond donors (Lipinski definition) is 0. The Morgan fingerprint density at radius 3 is 2.65 bits per heavy atom. The van der Waals surface area contributed by atoms with Crippen molar-refractivity contribution in [3.63, 3.8) is 0 Å². The van der Waals surface area contributed by atoms with Gasteiger partial charge in [0.1, 0.15) is 11.3 Å². The Morgan fingerprint density at radius 2 is 1.91 bits per heavy atom. The lowest BCUT2D eigenvalue weighted by molar-refractivity contribution is -0.385. The van der Waals surface area contributed by atoms with Crippen molar-refractivity contribution >= 4 is 35.0 Å². The monoisotopic (exact) mass is 480 g/mol. The summed E-state index contributed by atoms with van der Waals surface area (Å²) in [5.41, 5.74) is 1.75. The maximum Gasteiger partial charge on any atom is 0.282 e. The molecule has 3 amide bonds. The van der Waals surface area contributed by atoms with Crippen LogP contribution in [0.25, 0.3) is 11.3 Å². The molecule has 5 rings (SSSR count). The lowest BCUT2D eigenvalue weighted by Gasteiger charge is -2.26. The van der Waals surface area contributed by atoms with Crippen molar-refractivity contribution in [3.05, 3.63) is 80.0 Å². The van der Waals surface area contributed by atoms with Crippen molar-refractivity contribution < 1.29 is 23.8 Å². The first-order valence-corrected chi connectivity index (χ1v) is 10.9. The minimum Gasteiger partial charge on any atom is -0.356 e. The molecule has 2 aliphatic rings. The zero-order valence-electron chi connectivity index (χ0n) is 17.7. The number of rotatable bonds is 5. The van der Waals surface area contributed by atoms with Gasteiger partial charge in [-0.05, 0) is 36.8 Å². The molecule has 34 heavy (non-hydrogen) atoms. The molecule has 0 saturated heterocycles. The van der Waals surface area contributed by atoms with E-state index in [1.807, 2.05) is 12.1 Å². The minimum atomic E-state index is -0.759. The van der Waals surface area contributed by atoms with Crippen LogP contribution >= 0.6 is 11.6 Å². The van der Waals surface area contributed by atoms with Crippen molar-refractivity contribution in [2.45, 2.75) is 19.4 Å². The van der Waals surface area contributed by atoms with E-state index >= 15 is 0 Å². The molecule has 10 nitrogen and oxygen atoms in total. The fourth-order valence-electron chi connectivity index (χ4n) is 4.31. The molecule has 2 aliphatic heterocycles. The number of carbonyl (C=O) groups excluding carboxylic acids is 3. The number of carbonyl (C=O) groups is 3. The summed E-state index contributed by atoms with van der Waals surface area (Å²) >= 11 is 5.95. The summed E-state index contributed by atoms with van der Waals surface area (Å²) in [6.45, 7) is 0.514. The van der Waals surface area contributed by atoms with E-state index in [2.05, 4.69) is 5.16 Å². The third kappa shape index (κ3) is 3.61. The SMILES string of the molecule is O=C(CCN1C(=O)c2cccc([N+](=O)[O-])c2C1=O)N1CCc2c(noc2-c2ccc(Cl)cc2)C1. The van der Waals surface area contributed by atoms with E-state index < -0.39 is 22.4 Å². The average Bonchev–Trinajstić information content (AvgIpc) is 3.36. The normalized spacial score (nSPS) is 14.9. The molecule has 0 saturated carbocycles. The van der Waals surface area contributed by atoms with Crippen LogP contribution in [0.1, 0.15) is 38.4 Å². The summed E-state index contributed by atoms with van der Waals surface area (Å²) in [5, 5.41) is 16.0. The van der Waals surface area contributed by atoms with Crippen LogP contribution in [-0.4, -0.2) is 50.7 Å². The van der Waals surface area contributed by atoms with E-state index in [4.69, 9.17) is 16.1 Å². The van der Waals surface area contributed by atoms with Gasteiger partial charge in [0.15, 0.2) is 5.76 Å². The highest BCUT2D eigenvalue weighted by atomic mass is 35.5. The van der Waals surface area contributed by atoms with E-state index in [0.717, 1.165) is 16.0 Å². The first kappa shape index (κ1) is 21.8. The topological polar surface area (TPSA) is 127 Å². The highest BCUT2D eigenvalue weighted by Gasteiger charge is 2.41. The highest BCUT2D eigenvalue weighted by molar-refractivity contribution is 6.30. The van der Waals surface area contributed by atoms with E-state index in [1.165, 1.54) is 18.2 Å². The zero-order chi connectivity index (χ0) is 24.0. The Labute approximate surface area is 197 Å². The van der Waals surface area contributed by atoms with Crippen molar-refractivity contribution in [1.29, 1.82) is 0 Å². The van der Waals surface area contributed by atoms with Gasteiger partial charge in [-0.3, -0.25) is 29.4 Å². The van der Waals surface area contributed by atoms with Gasteiger partial charge >= 0.3 is 0 Å².